The molecule has 1 amide bonds. The Labute approximate surface area is 103 Å². The molecule has 1 aliphatic heterocycles. The van der Waals surface area contributed by atoms with Gasteiger partial charge in [-0.2, -0.15) is 5.26 Å². The van der Waals surface area contributed by atoms with Crippen LogP contribution in [0.5, 0.6) is 0 Å². The van der Waals surface area contributed by atoms with Gasteiger partial charge in [0.1, 0.15) is 0 Å². The lowest BCUT2D eigenvalue weighted by molar-refractivity contribution is -0.136. The first-order valence-corrected chi connectivity index (χ1v) is 6.02. The van der Waals surface area contributed by atoms with Crippen LogP contribution in [-0.2, 0) is 9.53 Å². The van der Waals surface area contributed by atoms with Crippen molar-refractivity contribution >= 4 is 5.91 Å². The predicted molar refractivity (Wildman–Crippen MR) is 64.2 cm³/mol. The van der Waals surface area contributed by atoms with Gasteiger partial charge in [0.05, 0.1) is 24.0 Å². The van der Waals surface area contributed by atoms with Crippen LogP contribution in [0.25, 0.3) is 0 Å². The third-order valence-corrected chi connectivity index (χ3v) is 3.25. The maximum Gasteiger partial charge on any atom is 0.228 e. The van der Waals surface area contributed by atoms with E-state index in [4.69, 9.17) is 10.00 Å². The summed E-state index contributed by atoms with van der Waals surface area (Å²) in [5.41, 5.74) is -0.421. The summed E-state index contributed by atoms with van der Waals surface area (Å²) >= 11 is 0. The molecule has 0 bridgehead atoms. The maximum absolute atomic E-state index is 12.2. The first-order chi connectivity index (χ1) is 8.14. The summed E-state index contributed by atoms with van der Waals surface area (Å²) in [6.07, 6.45) is 1.57. The van der Waals surface area contributed by atoms with Crippen molar-refractivity contribution in [2.45, 2.75) is 19.8 Å². The molecule has 0 aromatic carbocycles. The number of hydrogen-bond acceptors (Lipinski definition) is 4. The molecule has 0 radical (unpaired) electrons. The second kappa shape index (κ2) is 6.58. The Kier molecular flexibility index (Phi) is 5.39. The fourth-order valence-electron chi connectivity index (χ4n) is 2.10. The van der Waals surface area contributed by atoms with Crippen molar-refractivity contribution in [1.82, 2.24) is 10.6 Å². The Morgan fingerprint density at radius 2 is 2.24 bits per heavy atom. The minimum Gasteiger partial charge on any atom is -0.384 e. The van der Waals surface area contributed by atoms with Crippen molar-refractivity contribution in [2.24, 2.45) is 11.3 Å². The number of methoxy groups -OCH3 is 1. The zero-order valence-corrected chi connectivity index (χ0v) is 10.6. The van der Waals surface area contributed by atoms with E-state index >= 15 is 0 Å². The third kappa shape index (κ3) is 3.69. The molecule has 1 atom stereocenters. The summed E-state index contributed by atoms with van der Waals surface area (Å²) in [6.45, 7) is 4.33. The molecule has 1 saturated heterocycles. The van der Waals surface area contributed by atoms with Gasteiger partial charge in [0.15, 0.2) is 0 Å². The summed E-state index contributed by atoms with van der Waals surface area (Å²) in [6, 6.07) is 2.11. The number of nitrogens with zero attached hydrogens (tertiary/aromatic N) is 1. The van der Waals surface area contributed by atoms with Crippen LogP contribution in [0.15, 0.2) is 0 Å². The lowest BCUT2D eigenvalue weighted by atomic mass is 9.78. The predicted octanol–water partition coefficient (Wildman–Crippen LogP) is 0.278. The van der Waals surface area contributed by atoms with Crippen LogP contribution in [0.4, 0.5) is 0 Å². The van der Waals surface area contributed by atoms with Crippen molar-refractivity contribution in [2.75, 3.05) is 33.4 Å². The summed E-state index contributed by atoms with van der Waals surface area (Å²) < 4.78 is 5.19. The Hall–Kier alpha value is -1.12. The summed E-state index contributed by atoms with van der Waals surface area (Å²) in [5, 5.41) is 14.8. The van der Waals surface area contributed by atoms with Gasteiger partial charge in [0.25, 0.3) is 0 Å². The SMILES string of the molecule is COCC1(C(=O)NCC(C)C#N)CCNCC1. The van der Waals surface area contributed by atoms with E-state index in [9.17, 15) is 4.79 Å². The van der Waals surface area contributed by atoms with E-state index in [1.165, 1.54) is 0 Å². The Morgan fingerprint density at radius 3 is 2.76 bits per heavy atom. The Morgan fingerprint density at radius 1 is 1.59 bits per heavy atom. The zero-order valence-electron chi connectivity index (χ0n) is 10.6. The minimum absolute atomic E-state index is 0.0166. The number of rotatable bonds is 5. The largest absolute Gasteiger partial charge is 0.384 e. The number of carbonyl (C=O) groups is 1. The van der Waals surface area contributed by atoms with Crippen LogP contribution in [0, 0.1) is 22.7 Å². The molecular weight excluding hydrogens is 218 g/mol. The van der Waals surface area contributed by atoms with Crippen LogP contribution in [0.1, 0.15) is 19.8 Å². The highest BCUT2D eigenvalue weighted by Crippen LogP contribution is 2.29. The highest BCUT2D eigenvalue weighted by Gasteiger charge is 2.39. The molecule has 1 unspecified atom stereocenters. The maximum atomic E-state index is 12.2. The van der Waals surface area contributed by atoms with E-state index in [2.05, 4.69) is 16.7 Å². The van der Waals surface area contributed by atoms with Gasteiger partial charge < -0.3 is 15.4 Å². The highest BCUT2D eigenvalue weighted by atomic mass is 16.5. The molecule has 0 aromatic heterocycles. The van der Waals surface area contributed by atoms with Gasteiger partial charge in [-0.15, -0.1) is 0 Å². The lowest BCUT2D eigenvalue weighted by Crippen LogP contribution is -2.50. The Balaban J connectivity index is 2.57. The molecule has 0 saturated carbocycles. The van der Waals surface area contributed by atoms with Gasteiger partial charge in [-0.05, 0) is 32.9 Å². The van der Waals surface area contributed by atoms with E-state index in [0.717, 1.165) is 25.9 Å². The van der Waals surface area contributed by atoms with Crippen LogP contribution in [-0.4, -0.2) is 39.3 Å². The first-order valence-electron chi connectivity index (χ1n) is 6.02. The monoisotopic (exact) mass is 239 g/mol. The average molecular weight is 239 g/mol. The topological polar surface area (TPSA) is 74.1 Å². The summed E-state index contributed by atoms with van der Waals surface area (Å²) in [7, 11) is 1.62. The summed E-state index contributed by atoms with van der Waals surface area (Å²) in [4.78, 5) is 12.2. The van der Waals surface area contributed by atoms with Crippen molar-refractivity contribution in [3.8, 4) is 6.07 Å². The number of ether oxygens (including phenoxy) is 1. The third-order valence-electron chi connectivity index (χ3n) is 3.25. The second-order valence-corrected chi connectivity index (χ2v) is 4.70. The van der Waals surface area contributed by atoms with E-state index in [1.54, 1.807) is 14.0 Å². The lowest BCUT2D eigenvalue weighted by Gasteiger charge is -2.35. The zero-order chi connectivity index (χ0) is 12.7. The molecule has 0 aromatic rings. The van der Waals surface area contributed by atoms with Crippen molar-refractivity contribution in [3.63, 3.8) is 0 Å². The van der Waals surface area contributed by atoms with Gasteiger partial charge in [-0.1, -0.05) is 0 Å². The van der Waals surface area contributed by atoms with Crippen LogP contribution < -0.4 is 10.6 Å². The van der Waals surface area contributed by atoms with Crippen molar-refractivity contribution < 1.29 is 9.53 Å². The highest BCUT2D eigenvalue weighted by molar-refractivity contribution is 5.83. The van der Waals surface area contributed by atoms with E-state index in [1.807, 2.05) is 0 Å². The fraction of sp³-hybridized carbons (Fsp3) is 0.833. The van der Waals surface area contributed by atoms with Crippen LogP contribution in [0.3, 0.4) is 0 Å². The second-order valence-electron chi connectivity index (χ2n) is 4.70. The molecule has 96 valence electrons. The van der Waals surface area contributed by atoms with E-state index in [0.29, 0.717) is 13.2 Å². The molecule has 1 heterocycles. The number of nitrogens with one attached hydrogen (secondary N) is 2. The summed E-state index contributed by atoms with van der Waals surface area (Å²) in [5.74, 6) is -0.136. The fourth-order valence-corrected chi connectivity index (χ4v) is 2.10. The number of nitriles is 1. The average Bonchev–Trinajstić information content (AvgIpc) is 2.36. The molecule has 5 heteroatoms. The molecule has 17 heavy (non-hydrogen) atoms. The molecule has 1 rings (SSSR count). The van der Waals surface area contributed by atoms with Gasteiger partial charge in [-0.25, -0.2) is 0 Å². The Bertz CT molecular complexity index is 287. The van der Waals surface area contributed by atoms with Crippen molar-refractivity contribution in [1.29, 1.82) is 5.26 Å². The van der Waals surface area contributed by atoms with Gasteiger partial charge in [-0.3, -0.25) is 4.79 Å². The van der Waals surface area contributed by atoms with E-state index < -0.39 is 5.41 Å². The molecule has 0 spiro atoms. The smallest absolute Gasteiger partial charge is 0.228 e. The van der Waals surface area contributed by atoms with Crippen LogP contribution >= 0.6 is 0 Å². The number of carbonyl (C=O) groups excluding carboxylic acids is 1. The van der Waals surface area contributed by atoms with E-state index in [-0.39, 0.29) is 11.8 Å². The molecule has 1 aliphatic rings. The number of piperidine rings is 1. The molecule has 1 fully saturated rings. The van der Waals surface area contributed by atoms with Gasteiger partial charge in [0, 0.05) is 13.7 Å². The van der Waals surface area contributed by atoms with Crippen LogP contribution in [0.2, 0.25) is 0 Å². The normalized spacial score (nSPS) is 20.3. The molecule has 0 aliphatic carbocycles. The molecular formula is C12H21N3O2. The molecule has 2 N–H and O–H groups in total. The number of hydrogen-bond donors (Lipinski definition) is 2. The first kappa shape index (κ1) is 13.9. The quantitative estimate of drug-likeness (QED) is 0.722. The minimum atomic E-state index is -0.421. The molecule has 5 nitrogen and oxygen atoms in total. The van der Waals surface area contributed by atoms with Gasteiger partial charge in [0.2, 0.25) is 5.91 Å². The van der Waals surface area contributed by atoms with Gasteiger partial charge >= 0.3 is 0 Å². The van der Waals surface area contributed by atoms with Crippen molar-refractivity contribution in [3.05, 3.63) is 0 Å². The number of amides is 1. The standard InChI is InChI=1S/C12H21N3O2/c1-10(7-13)8-15-11(16)12(9-17-2)3-5-14-6-4-12/h10,14H,3-6,8-9H2,1-2H3,(H,15,16).